The molecule has 0 bridgehead atoms. The second kappa shape index (κ2) is 4.73. The molecule has 0 aromatic heterocycles. The summed E-state index contributed by atoms with van der Waals surface area (Å²) in [5.74, 6) is 0. The van der Waals surface area contributed by atoms with E-state index in [0.717, 1.165) is 13.0 Å². The number of nitrogens with one attached hydrogen (secondary N) is 1. The van der Waals surface area contributed by atoms with E-state index >= 15 is 0 Å². The molecule has 0 aromatic rings. The van der Waals surface area contributed by atoms with Crippen LogP contribution in [0.25, 0.3) is 0 Å². The summed E-state index contributed by atoms with van der Waals surface area (Å²) in [4.78, 5) is 0. The quantitative estimate of drug-likeness (QED) is 0.675. The van der Waals surface area contributed by atoms with Crippen molar-refractivity contribution < 1.29 is 4.74 Å². The van der Waals surface area contributed by atoms with Crippen molar-refractivity contribution in [2.45, 2.75) is 45.7 Å². The van der Waals surface area contributed by atoms with Crippen LogP contribution in [0.1, 0.15) is 34.1 Å². The lowest BCUT2D eigenvalue weighted by molar-refractivity contribution is 0.150. The molecule has 0 saturated heterocycles. The van der Waals surface area contributed by atoms with Crippen LogP contribution in [0, 0.1) is 0 Å². The highest BCUT2D eigenvalue weighted by Gasteiger charge is 2.14. The van der Waals surface area contributed by atoms with Crippen molar-refractivity contribution in [1.82, 2.24) is 5.32 Å². The predicted octanol–water partition coefficient (Wildman–Crippen LogP) is 1.80. The third kappa shape index (κ3) is 6.32. The highest BCUT2D eigenvalue weighted by atomic mass is 16.5. The lowest BCUT2D eigenvalue weighted by Crippen LogP contribution is -2.45. The van der Waals surface area contributed by atoms with Crippen molar-refractivity contribution in [3.63, 3.8) is 0 Å². The molecule has 0 spiro atoms. The molecule has 0 amide bonds. The van der Waals surface area contributed by atoms with Gasteiger partial charge in [-0.25, -0.2) is 0 Å². The van der Waals surface area contributed by atoms with Gasteiger partial charge in [0.05, 0.1) is 6.61 Å². The fourth-order valence-electron chi connectivity index (χ4n) is 1.08. The molecule has 0 aliphatic carbocycles. The van der Waals surface area contributed by atoms with Gasteiger partial charge < -0.3 is 10.1 Å². The van der Waals surface area contributed by atoms with Gasteiger partial charge in [-0.2, -0.15) is 0 Å². The van der Waals surface area contributed by atoms with Crippen LogP contribution in [0.15, 0.2) is 0 Å². The van der Waals surface area contributed by atoms with Crippen LogP contribution in [-0.4, -0.2) is 25.3 Å². The van der Waals surface area contributed by atoms with E-state index in [1.807, 2.05) is 0 Å². The van der Waals surface area contributed by atoms with Gasteiger partial charge in [0.1, 0.15) is 0 Å². The molecule has 0 radical (unpaired) electrons. The van der Waals surface area contributed by atoms with Crippen molar-refractivity contribution >= 4 is 0 Å². The van der Waals surface area contributed by atoms with E-state index in [1.54, 1.807) is 7.11 Å². The molecule has 2 nitrogen and oxygen atoms in total. The highest BCUT2D eigenvalue weighted by Crippen LogP contribution is 2.03. The number of methoxy groups -OCH3 is 1. The lowest BCUT2D eigenvalue weighted by Gasteiger charge is -2.27. The molecular weight excluding hydrogens is 138 g/mol. The summed E-state index contributed by atoms with van der Waals surface area (Å²) in [5, 5.41) is 3.48. The standard InChI is InChI=1S/C9H21NO/c1-6-8(7-11-5)10-9(2,3)4/h8,10H,6-7H2,1-5H3. The molecule has 0 aliphatic rings. The molecule has 0 aromatic carbocycles. The van der Waals surface area contributed by atoms with Crippen LogP contribution in [0.4, 0.5) is 0 Å². The van der Waals surface area contributed by atoms with E-state index in [9.17, 15) is 0 Å². The average Bonchev–Trinajstić information content (AvgIpc) is 1.84. The van der Waals surface area contributed by atoms with Gasteiger partial charge in [0.2, 0.25) is 0 Å². The third-order valence-corrected chi connectivity index (χ3v) is 1.50. The van der Waals surface area contributed by atoms with Gasteiger partial charge in [-0.05, 0) is 27.2 Å². The van der Waals surface area contributed by atoms with Crippen molar-refractivity contribution in [2.75, 3.05) is 13.7 Å². The van der Waals surface area contributed by atoms with E-state index in [1.165, 1.54) is 0 Å². The Morgan fingerprint density at radius 1 is 1.36 bits per heavy atom. The zero-order chi connectivity index (χ0) is 8.91. The first kappa shape index (κ1) is 10.9. The van der Waals surface area contributed by atoms with Gasteiger partial charge >= 0.3 is 0 Å². The topological polar surface area (TPSA) is 21.3 Å². The first-order valence-corrected chi connectivity index (χ1v) is 4.26. The molecule has 68 valence electrons. The molecule has 11 heavy (non-hydrogen) atoms. The Kier molecular flexibility index (Phi) is 4.69. The molecule has 0 rings (SSSR count). The monoisotopic (exact) mass is 159 g/mol. The first-order valence-electron chi connectivity index (χ1n) is 4.26. The zero-order valence-electron chi connectivity index (χ0n) is 8.40. The summed E-state index contributed by atoms with van der Waals surface area (Å²) < 4.78 is 5.08. The number of ether oxygens (including phenoxy) is 1. The van der Waals surface area contributed by atoms with Crippen LogP contribution < -0.4 is 5.32 Å². The number of hydrogen-bond donors (Lipinski definition) is 1. The molecule has 1 N–H and O–H groups in total. The van der Waals surface area contributed by atoms with Crippen molar-refractivity contribution in [1.29, 1.82) is 0 Å². The van der Waals surface area contributed by atoms with E-state index in [2.05, 4.69) is 33.0 Å². The SMILES string of the molecule is CCC(COC)NC(C)(C)C. The summed E-state index contributed by atoms with van der Waals surface area (Å²) in [7, 11) is 1.74. The second-order valence-electron chi connectivity index (χ2n) is 3.95. The molecule has 0 aliphatic heterocycles. The largest absolute Gasteiger partial charge is 0.383 e. The first-order chi connectivity index (χ1) is 4.99. The molecule has 1 unspecified atom stereocenters. The fraction of sp³-hybridized carbons (Fsp3) is 1.00. The molecule has 0 heterocycles. The maximum atomic E-state index is 5.08. The highest BCUT2D eigenvalue weighted by molar-refractivity contribution is 4.76. The Morgan fingerprint density at radius 2 is 1.91 bits per heavy atom. The molecule has 1 atom stereocenters. The second-order valence-corrected chi connectivity index (χ2v) is 3.95. The molecular formula is C9H21NO. The maximum Gasteiger partial charge on any atom is 0.0615 e. The summed E-state index contributed by atoms with van der Waals surface area (Å²) in [6, 6.07) is 0.486. The van der Waals surface area contributed by atoms with Gasteiger partial charge in [0.25, 0.3) is 0 Å². The Morgan fingerprint density at radius 3 is 2.18 bits per heavy atom. The number of hydrogen-bond acceptors (Lipinski definition) is 2. The normalized spacial score (nSPS) is 15.0. The minimum atomic E-state index is 0.194. The van der Waals surface area contributed by atoms with E-state index in [0.29, 0.717) is 6.04 Å². The summed E-state index contributed by atoms with van der Waals surface area (Å²) in [5.41, 5.74) is 0.194. The Balaban J connectivity index is 3.68. The smallest absolute Gasteiger partial charge is 0.0615 e. The van der Waals surface area contributed by atoms with Crippen molar-refractivity contribution in [2.24, 2.45) is 0 Å². The zero-order valence-corrected chi connectivity index (χ0v) is 8.40. The van der Waals surface area contributed by atoms with Gasteiger partial charge in [-0.15, -0.1) is 0 Å². The van der Waals surface area contributed by atoms with Crippen LogP contribution in [0.5, 0.6) is 0 Å². The summed E-state index contributed by atoms with van der Waals surface area (Å²) >= 11 is 0. The average molecular weight is 159 g/mol. The third-order valence-electron chi connectivity index (χ3n) is 1.50. The van der Waals surface area contributed by atoms with Crippen molar-refractivity contribution in [3.05, 3.63) is 0 Å². The summed E-state index contributed by atoms with van der Waals surface area (Å²) in [6.07, 6.45) is 1.12. The minimum absolute atomic E-state index is 0.194. The number of rotatable bonds is 4. The van der Waals surface area contributed by atoms with Crippen LogP contribution >= 0.6 is 0 Å². The van der Waals surface area contributed by atoms with E-state index in [4.69, 9.17) is 4.74 Å². The minimum Gasteiger partial charge on any atom is -0.383 e. The molecule has 0 fully saturated rings. The predicted molar refractivity (Wildman–Crippen MR) is 48.8 cm³/mol. The maximum absolute atomic E-state index is 5.08. The Bertz CT molecular complexity index is 96.2. The van der Waals surface area contributed by atoms with Gasteiger partial charge in [0.15, 0.2) is 0 Å². The van der Waals surface area contributed by atoms with Gasteiger partial charge in [-0.1, -0.05) is 6.92 Å². The Labute approximate surface area is 70.3 Å². The fourth-order valence-corrected chi connectivity index (χ4v) is 1.08. The van der Waals surface area contributed by atoms with Gasteiger partial charge in [-0.3, -0.25) is 0 Å². The Hall–Kier alpha value is -0.0800. The molecule has 0 saturated carbocycles. The van der Waals surface area contributed by atoms with Crippen LogP contribution in [0.3, 0.4) is 0 Å². The van der Waals surface area contributed by atoms with E-state index in [-0.39, 0.29) is 5.54 Å². The van der Waals surface area contributed by atoms with Crippen LogP contribution in [0.2, 0.25) is 0 Å². The van der Waals surface area contributed by atoms with Crippen molar-refractivity contribution in [3.8, 4) is 0 Å². The summed E-state index contributed by atoms with van der Waals surface area (Å²) in [6.45, 7) is 9.48. The van der Waals surface area contributed by atoms with E-state index < -0.39 is 0 Å². The molecule has 2 heteroatoms. The van der Waals surface area contributed by atoms with Gasteiger partial charge in [0, 0.05) is 18.7 Å². The lowest BCUT2D eigenvalue weighted by atomic mass is 10.1. The van der Waals surface area contributed by atoms with Crippen LogP contribution in [-0.2, 0) is 4.74 Å².